The Hall–Kier alpha value is -1.91. The van der Waals surface area contributed by atoms with Crippen molar-refractivity contribution >= 4 is 11.7 Å². The van der Waals surface area contributed by atoms with Crippen molar-refractivity contribution in [1.82, 2.24) is 0 Å². The average Bonchev–Trinajstić information content (AvgIpc) is 2.17. The van der Waals surface area contributed by atoms with Gasteiger partial charge in [-0.15, -0.1) is 0 Å². The number of nitro groups is 1. The van der Waals surface area contributed by atoms with Crippen LogP contribution in [-0.4, -0.2) is 18.0 Å². The van der Waals surface area contributed by atoms with Crippen molar-refractivity contribution in [3.8, 4) is 0 Å². The Morgan fingerprint density at radius 1 is 1.53 bits per heavy atom. The van der Waals surface area contributed by atoms with E-state index >= 15 is 0 Å². The minimum Gasteiger partial charge on any atom is -0.469 e. The van der Waals surface area contributed by atoms with Gasteiger partial charge in [-0.3, -0.25) is 14.9 Å². The Morgan fingerprint density at radius 3 is 2.67 bits per heavy atom. The maximum absolute atomic E-state index is 11.0. The van der Waals surface area contributed by atoms with Crippen LogP contribution >= 0.6 is 0 Å². The van der Waals surface area contributed by atoms with Gasteiger partial charge in [0.15, 0.2) is 0 Å². The fraction of sp³-hybridized carbons (Fsp3) is 0.300. The van der Waals surface area contributed by atoms with Gasteiger partial charge in [-0.2, -0.15) is 0 Å². The van der Waals surface area contributed by atoms with Crippen LogP contribution in [0.3, 0.4) is 0 Å². The SMILES string of the molecule is COC(=O)Cc1ccc([N+](=O)[O-])c(C)c1. The number of carbonyl (C=O) groups excluding carboxylic acids is 1. The van der Waals surface area contributed by atoms with E-state index in [2.05, 4.69) is 4.74 Å². The molecule has 15 heavy (non-hydrogen) atoms. The van der Waals surface area contributed by atoms with Crippen LogP contribution < -0.4 is 0 Å². The van der Waals surface area contributed by atoms with Crippen LogP contribution in [0, 0.1) is 17.0 Å². The topological polar surface area (TPSA) is 69.4 Å². The molecule has 1 aromatic carbocycles. The van der Waals surface area contributed by atoms with Gasteiger partial charge in [0.25, 0.3) is 5.69 Å². The summed E-state index contributed by atoms with van der Waals surface area (Å²) in [5, 5.41) is 10.5. The Balaban J connectivity index is 2.91. The van der Waals surface area contributed by atoms with Crippen molar-refractivity contribution in [3.63, 3.8) is 0 Å². The van der Waals surface area contributed by atoms with Crippen LogP contribution in [-0.2, 0) is 16.0 Å². The molecule has 0 saturated carbocycles. The summed E-state index contributed by atoms with van der Waals surface area (Å²) in [5.74, 6) is -0.358. The lowest BCUT2D eigenvalue weighted by atomic mass is 10.1. The minimum atomic E-state index is -0.447. The number of methoxy groups -OCH3 is 1. The van der Waals surface area contributed by atoms with E-state index in [1.54, 1.807) is 19.1 Å². The molecule has 0 aliphatic heterocycles. The lowest BCUT2D eigenvalue weighted by molar-refractivity contribution is -0.385. The summed E-state index contributed by atoms with van der Waals surface area (Å²) >= 11 is 0. The Labute approximate surface area is 86.8 Å². The molecule has 0 bridgehead atoms. The largest absolute Gasteiger partial charge is 0.469 e. The number of ether oxygens (including phenoxy) is 1. The number of benzene rings is 1. The van der Waals surface area contributed by atoms with Crippen molar-refractivity contribution in [3.05, 3.63) is 39.4 Å². The Morgan fingerprint density at radius 2 is 2.20 bits per heavy atom. The molecule has 0 N–H and O–H groups in total. The Bertz CT molecular complexity index is 400. The normalized spacial score (nSPS) is 9.73. The van der Waals surface area contributed by atoms with Crippen molar-refractivity contribution in [2.24, 2.45) is 0 Å². The molecule has 1 aromatic rings. The van der Waals surface area contributed by atoms with Crippen molar-refractivity contribution in [2.45, 2.75) is 13.3 Å². The molecule has 0 spiro atoms. The number of nitrogens with zero attached hydrogens (tertiary/aromatic N) is 1. The third-order valence-electron chi connectivity index (χ3n) is 2.03. The van der Waals surface area contributed by atoms with Crippen LogP contribution in [0.15, 0.2) is 18.2 Å². The van der Waals surface area contributed by atoms with Gasteiger partial charge in [-0.05, 0) is 18.6 Å². The second kappa shape index (κ2) is 4.54. The molecule has 1 rings (SSSR count). The fourth-order valence-electron chi connectivity index (χ4n) is 1.27. The lowest BCUT2D eigenvalue weighted by Gasteiger charge is -2.02. The number of hydrogen-bond acceptors (Lipinski definition) is 4. The molecule has 5 nitrogen and oxygen atoms in total. The molecule has 80 valence electrons. The number of carbonyl (C=O) groups is 1. The van der Waals surface area contributed by atoms with E-state index in [9.17, 15) is 14.9 Å². The monoisotopic (exact) mass is 209 g/mol. The molecule has 0 fully saturated rings. The maximum Gasteiger partial charge on any atom is 0.309 e. The molecule has 0 aliphatic rings. The van der Waals surface area contributed by atoms with E-state index in [-0.39, 0.29) is 18.1 Å². The van der Waals surface area contributed by atoms with E-state index in [0.717, 1.165) is 0 Å². The zero-order valence-corrected chi connectivity index (χ0v) is 8.52. The highest BCUT2D eigenvalue weighted by Gasteiger charge is 2.11. The zero-order valence-electron chi connectivity index (χ0n) is 8.52. The number of esters is 1. The van der Waals surface area contributed by atoms with Crippen LogP contribution in [0.2, 0.25) is 0 Å². The van der Waals surface area contributed by atoms with Gasteiger partial charge in [0.1, 0.15) is 0 Å². The number of aryl methyl sites for hydroxylation is 1. The smallest absolute Gasteiger partial charge is 0.309 e. The first-order valence-electron chi connectivity index (χ1n) is 4.35. The zero-order chi connectivity index (χ0) is 11.4. The van der Waals surface area contributed by atoms with Crippen LogP contribution in [0.5, 0.6) is 0 Å². The van der Waals surface area contributed by atoms with Gasteiger partial charge in [0.05, 0.1) is 18.5 Å². The molecule has 5 heteroatoms. The van der Waals surface area contributed by atoms with Gasteiger partial charge in [-0.25, -0.2) is 0 Å². The van der Waals surface area contributed by atoms with Crippen LogP contribution in [0.25, 0.3) is 0 Å². The van der Waals surface area contributed by atoms with Crippen LogP contribution in [0.1, 0.15) is 11.1 Å². The first-order chi connectivity index (χ1) is 7.04. The molecular formula is C10H11NO4. The maximum atomic E-state index is 11.0. The summed E-state index contributed by atoms with van der Waals surface area (Å²) in [6.07, 6.45) is 0.134. The van der Waals surface area contributed by atoms with Gasteiger partial charge >= 0.3 is 5.97 Å². The first kappa shape index (κ1) is 11.2. The molecular weight excluding hydrogens is 198 g/mol. The highest BCUT2D eigenvalue weighted by molar-refractivity contribution is 5.72. The molecule has 0 saturated heterocycles. The highest BCUT2D eigenvalue weighted by atomic mass is 16.6. The summed E-state index contributed by atoms with van der Waals surface area (Å²) in [7, 11) is 1.31. The molecule has 0 atom stereocenters. The average molecular weight is 209 g/mol. The van der Waals surface area contributed by atoms with Gasteiger partial charge in [-0.1, -0.05) is 6.07 Å². The van der Waals surface area contributed by atoms with Crippen molar-refractivity contribution in [1.29, 1.82) is 0 Å². The molecule has 0 amide bonds. The third kappa shape index (κ3) is 2.77. The summed E-state index contributed by atoms with van der Waals surface area (Å²) in [6, 6.07) is 4.57. The van der Waals surface area contributed by atoms with Crippen molar-refractivity contribution < 1.29 is 14.5 Å². The number of nitro benzene ring substituents is 1. The quantitative estimate of drug-likeness (QED) is 0.431. The van der Waals surface area contributed by atoms with Gasteiger partial charge in [0.2, 0.25) is 0 Å². The van der Waals surface area contributed by atoms with Gasteiger partial charge < -0.3 is 4.74 Å². The number of rotatable bonds is 3. The van der Waals surface area contributed by atoms with E-state index in [0.29, 0.717) is 11.1 Å². The molecule has 0 unspecified atom stereocenters. The second-order valence-corrected chi connectivity index (χ2v) is 3.13. The molecule has 0 radical (unpaired) electrons. The first-order valence-corrected chi connectivity index (χ1v) is 4.35. The predicted molar refractivity (Wildman–Crippen MR) is 53.6 cm³/mol. The summed E-state index contributed by atoms with van der Waals surface area (Å²) < 4.78 is 4.50. The van der Waals surface area contributed by atoms with E-state index in [1.807, 2.05) is 0 Å². The lowest BCUT2D eigenvalue weighted by Crippen LogP contribution is -2.04. The molecule has 0 aromatic heterocycles. The fourth-order valence-corrected chi connectivity index (χ4v) is 1.27. The third-order valence-corrected chi connectivity index (χ3v) is 2.03. The van der Waals surface area contributed by atoms with Gasteiger partial charge in [0, 0.05) is 11.6 Å². The summed E-state index contributed by atoms with van der Waals surface area (Å²) in [4.78, 5) is 21.0. The minimum absolute atomic E-state index is 0.0589. The highest BCUT2D eigenvalue weighted by Crippen LogP contribution is 2.19. The second-order valence-electron chi connectivity index (χ2n) is 3.13. The standard InChI is InChI=1S/C10H11NO4/c1-7-5-8(6-10(12)15-2)3-4-9(7)11(13)14/h3-5H,6H2,1-2H3. The van der Waals surface area contributed by atoms with Crippen LogP contribution in [0.4, 0.5) is 5.69 Å². The molecule has 0 heterocycles. The Kier molecular flexibility index (Phi) is 3.38. The molecule has 0 aliphatic carbocycles. The van der Waals surface area contributed by atoms with Crippen molar-refractivity contribution in [2.75, 3.05) is 7.11 Å². The summed E-state index contributed by atoms with van der Waals surface area (Å²) in [6.45, 7) is 1.64. The number of hydrogen-bond donors (Lipinski definition) is 0. The van der Waals surface area contributed by atoms with E-state index in [1.165, 1.54) is 13.2 Å². The summed E-state index contributed by atoms with van der Waals surface area (Å²) in [5.41, 5.74) is 1.31. The van der Waals surface area contributed by atoms with E-state index in [4.69, 9.17) is 0 Å². The van der Waals surface area contributed by atoms with E-state index < -0.39 is 4.92 Å². The predicted octanol–water partition coefficient (Wildman–Crippen LogP) is 1.62.